The third kappa shape index (κ3) is 10.4. The molecule has 1 unspecified atom stereocenters. The highest BCUT2D eigenvalue weighted by molar-refractivity contribution is 8.03. The van der Waals surface area contributed by atoms with E-state index >= 15 is 0 Å². The van der Waals surface area contributed by atoms with Crippen molar-refractivity contribution in [3.05, 3.63) is 0 Å². The molecule has 4 nitrogen and oxygen atoms in total. The number of hydrogen-bond acceptors (Lipinski definition) is 5. The molecule has 0 heterocycles. The van der Waals surface area contributed by atoms with Crippen LogP contribution >= 0.6 is 23.5 Å². The molecule has 3 N–H and O–H groups in total. The molecular weight excluding hydrogens is 920 g/mol. The van der Waals surface area contributed by atoms with E-state index in [1.54, 1.807) is 0 Å². The fourth-order valence-electron chi connectivity index (χ4n) is 3.72. The Morgan fingerprint density at radius 2 is 0.825 bits per heavy atom. The third-order valence-corrected chi connectivity index (χ3v) is 10.1. The Hall–Kier alpha value is -1.73. The normalized spacial score (nSPS) is 16.2. The predicted molar refractivity (Wildman–Crippen MR) is 144 cm³/mol. The number of aliphatic hydroxyl groups excluding tert-OH is 2. The summed E-state index contributed by atoms with van der Waals surface area (Å²) in [4.78, 5) is 12.2. The molecule has 0 aliphatic carbocycles. The van der Waals surface area contributed by atoms with Crippen LogP contribution in [0.4, 0.5) is 114 Å². The summed E-state index contributed by atoms with van der Waals surface area (Å²) in [6.07, 6.45) is -22.9. The van der Waals surface area contributed by atoms with Gasteiger partial charge in [-0.3, -0.25) is 4.79 Å². The number of amides is 1. The van der Waals surface area contributed by atoms with Crippen LogP contribution in [0.25, 0.3) is 0 Å². The van der Waals surface area contributed by atoms with Gasteiger partial charge < -0.3 is 15.5 Å². The summed E-state index contributed by atoms with van der Waals surface area (Å²) >= 11 is -0.547. The van der Waals surface area contributed by atoms with Crippen molar-refractivity contribution >= 4 is 29.4 Å². The number of hydrogen-bond donors (Lipinski definition) is 3. The largest absolute Gasteiger partial charge is 0.460 e. The van der Waals surface area contributed by atoms with Gasteiger partial charge in [0, 0.05) is 30.3 Å². The van der Waals surface area contributed by atoms with Crippen LogP contribution in [0.2, 0.25) is 0 Å². The zero-order valence-corrected chi connectivity index (χ0v) is 29.0. The zero-order chi connectivity index (χ0) is 46.1. The molecule has 1 atom stereocenters. The maximum absolute atomic E-state index is 14.2. The lowest BCUT2D eigenvalue weighted by molar-refractivity contribution is -0.439. The minimum absolute atomic E-state index is 0.269. The van der Waals surface area contributed by atoms with E-state index in [1.807, 2.05) is 5.32 Å². The van der Waals surface area contributed by atoms with E-state index in [4.69, 9.17) is 0 Å². The zero-order valence-electron chi connectivity index (χ0n) is 27.4. The van der Waals surface area contributed by atoms with E-state index in [1.165, 1.54) is 0 Å². The number of rotatable bonds is 23. The van der Waals surface area contributed by atoms with Crippen LogP contribution in [0.3, 0.4) is 0 Å². The Morgan fingerprint density at radius 3 is 1.14 bits per heavy atom. The number of halogens is 26. The Labute approximate surface area is 309 Å². The highest BCUT2D eigenvalue weighted by atomic mass is 32.2. The van der Waals surface area contributed by atoms with Crippen LogP contribution in [-0.4, -0.2) is 129 Å². The predicted octanol–water partition coefficient (Wildman–Crippen LogP) is 9.72. The Balaban J connectivity index is 6.26. The first-order chi connectivity index (χ1) is 24.8. The van der Waals surface area contributed by atoms with Crippen LogP contribution in [0.1, 0.15) is 32.6 Å². The topological polar surface area (TPSA) is 69.6 Å². The van der Waals surface area contributed by atoms with Gasteiger partial charge in [-0.2, -0.15) is 138 Å². The second kappa shape index (κ2) is 17.3. The molecular formula is C25H25F26NO3S2. The Bertz CT molecular complexity index is 1330. The average Bonchev–Trinajstić information content (AvgIpc) is 3.03. The number of nitrogens with one attached hydrogen (secondary N) is 1. The molecule has 0 aromatic rings. The van der Waals surface area contributed by atoms with Gasteiger partial charge in [-0.1, -0.05) is 0 Å². The van der Waals surface area contributed by atoms with Crippen LogP contribution < -0.4 is 5.32 Å². The van der Waals surface area contributed by atoms with Gasteiger partial charge in [0.2, 0.25) is 5.91 Å². The van der Waals surface area contributed by atoms with Crippen LogP contribution in [-0.2, 0) is 4.79 Å². The summed E-state index contributed by atoms with van der Waals surface area (Å²) in [6.45, 7) is -1.01. The number of aliphatic hydroxyl groups is 2. The van der Waals surface area contributed by atoms with Crippen molar-refractivity contribution in [3.63, 3.8) is 0 Å². The lowest BCUT2D eigenvalue weighted by Crippen LogP contribution is -2.70. The van der Waals surface area contributed by atoms with Crippen molar-refractivity contribution in [2.24, 2.45) is 0 Å². The summed E-state index contributed by atoms with van der Waals surface area (Å²) in [5.41, 5.74) is -1.82. The summed E-state index contributed by atoms with van der Waals surface area (Å²) in [5.74, 6) is -83.5. The molecule has 0 spiro atoms. The molecule has 0 aliphatic rings. The quantitative estimate of drug-likeness (QED) is 0.0704. The minimum atomic E-state index is -8.25. The molecule has 342 valence electrons. The lowest BCUT2D eigenvalue weighted by atomic mass is 9.93. The van der Waals surface area contributed by atoms with E-state index < -0.39 is 144 Å². The maximum atomic E-state index is 14.2. The van der Waals surface area contributed by atoms with Crippen LogP contribution in [0, 0.1) is 0 Å². The average molecular weight is 946 g/mol. The van der Waals surface area contributed by atoms with Gasteiger partial charge in [-0.05, 0) is 24.9 Å². The summed E-state index contributed by atoms with van der Waals surface area (Å²) in [5, 5.41) is 18.6. The number of carbonyl (C=O) groups is 1. The van der Waals surface area contributed by atoms with Crippen molar-refractivity contribution < 1.29 is 129 Å². The van der Waals surface area contributed by atoms with Gasteiger partial charge in [0.1, 0.15) is 0 Å². The molecule has 57 heavy (non-hydrogen) atoms. The molecule has 0 aromatic carbocycles. The highest BCUT2D eigenvalue weighted by Crippen LogP contribution is 2.62. The van der Waals surface area contributed by atoms with Gasteiger partial charge in [0.15, 0.2) is 0 Å². The summed E-state index contributed by atoms with van der Waals surface area (Å²) < 4.78 is 347. The monoisotopic (exact) mass is 945 g/mol. The van der Waals surface area contributed by atoms with Crippen LogP contribution in [0.15, 0.2) is 0 Å². The number of carbonyl (C=O) groups excluding carboxylic acids is 1. The summed E-state index contributed by atoms with van der Waals surface area (Å²) in [7, 11) is 0. The van der Waals surface area contributed by atoms with Crippen molar-refractivity contribution in [2.45, 2.75) is 115 Å². The van der Waals surface area contributed by atoms with Crippen molar-refractivity contribution in [1.29, 1.82) is 0 Å². The van der Waals surface area contributed by atoms with Gasteiger partial charge in [-0.25, -0.2) is 0 Å². The van der Waals surface area contributed by atoms with E-state index in [2.05, 4.69) is 0 Å². The van der Waals surface area contributed by atoms with E-state index in [9.17, 15) is 129 Å². The summed E-state index contributed by atoms with van der Waals surface area (Å²) in [6, 6.07) is 0. The van der Waals surface area contributed by atoms with Crippen LogP contribution in [0.5, 0.6) is 0 Å². The minimum Gasteiger partial charge on any atom is -0.394 e. The Kier molecular flexibility index (Phi) is 16.8. The van der Waals surface area contributed by atoms with Gasteiger partial charge in [0.25, 0.3) is 0 Å². The SMILES string of the molecule is CC(CO)(CO)NC(=O)CCC(CSCCC(F)(F)C(F)(F)C(F)(F)C(F)(F)C(F)(F)C(F)(F)F)SCCC(F)(F)C(F)(F)C(F)(F)C(F)(F)C(F)(F)C(F)(F)F. The third-order valence-electron chi connectivity index (χ3n) is 7.46. The molecule has 0 bridgehead atoms. The standard InChI is InChI=1S/C25H25F26NO3S2/c1-13(9-53,10-54)52-12(55)3-2-11(57-7-5-15(28,29)17(32,33)19(36,37)21(40,41)23(44,45)25(49,50)51)8-56-6-4-14(26,27)16(30,31)18(34,35)20(38,39)22(42,43)24(46,47)48/h11,53-54H,2-10H2,1H3,(H,52,55). The van der Waals surface area contributed by atoms with Gasteiger partial charge in [-0.15, -0.1) is 0 Å². The smallest absolute Gasteiger partial charge is 0.394 e. The molecule has 0 fully saturated rings. The van der Waals surface area contributed by atoms with E-state index in [0.29, 0.717) is 0 Å². The molecule has 32 heteroatoms. The van der Waals surface area contributed by atoms with Gasteiger partial charge in [0.05, 0.1) is 18.8 Å². The second-order valence-corrected chi connectivity index (χ2v) is 14.6. The second-order valence-electron chi connectivity index (χ2n) is 12.0. The molecule has 0 saturated heterocycles. The van der Waals surface area contributed by atoms with Crippen molar-refractivity contribution in [1.82, 2.24) is 5.32 Å². The fourth-order valence-corrected chi connectivity index (χ4v) is 6.38. The molecule has 0 rings (SSSR count). The lowest BCUT2D eigenvalue weighted by Gasteiger charge is -2.39. The maximum Gasteiger partial charge on any atom is 0.460 e. The molecule has 0 aromatic heterocycles. The van der Waals surface area contributed by atoms with E-state index in [-0.39, 0.29) is 23.5 Å². The van der Waals surface area contributed by atoms with Gasteiger partial charge >= 0.3 is 71.6 Å². The molecule has 0 radical (unpaired) electrons. The molecule has 1 amide bonds. The van der Waals surface area contributed by atoms with Crippen molar-refractivity contribution in [3.8, 4) is 0 Å². The molecule has 0 saturated carbocycles. The molecule has 0 aliphatic heterocycles. The first-order valence-corrected chi connectivity index (χ1v) is 16.6. The highest BCUT2D eigenvalue weighted by Gasteiger charge is 2.92. The fraction of sp³-hybridized carbons (Fsp3) is 0.960. The Morgan fingerprint density at radius 1 is 0.509 bits per heavy atom. The van der Waals surface area contributed by atoms with E-state index in [0.717, 1.165) is 6.92 Å². The first-order valence-electron chi connectivity index (χ1n) is 14.4. The number of thioether (sulfide) groups is 2. The number of alkyl halides is 26. The first kappa shape index (κ1) is 55.3. The van der Waals surface area contributed by atoms with Crippen molar-refractivity contribution in [2.75, 3.05) is 30.5 Å².